The van der Waals surface area contributed by atoms with E-state index in [1.54, 1.807) is 28.8 Å². The number of rotatable bonds is 7. The van der Waals surface area contributed by atoms with Crippen LogP contribution in [0.2, 0.25) is 0 Å². The Labute approximate surface area is 280 Å². The molecule has 0 radical (unpaired) electrons. The maximum absolute atomic E-state index is 15.8. The molecule has 0 unspecified atom stereocenters. The van der Waals surface area contributed by atoms with E-state index in [9.17, 15) is 14.4 Å². The fourth-order valence-electron chi connectivity index (χ4n) is 7.21. The lowest BCUT2D eigenvalue weighted by Gasteiger charge is -2.42. The highest BCUT2D eigenvalue weighted by Gasteiger charge is 2.39. The third-order valence-electron chi connectivity index (χ3n) is 9.79. The molecule has 2 aliphatic heterocycles. The molecule has 48 heavy (non-hydrogen) atoms. The summed E-state index contributed by atoms with van der Waals surface area (Å²) < 4.78 is 22.9. The molecule has 12 nitrogen and oxygen atoms in total. The number of aryl methyl sites for hydroxylation is 1. The zero-order valence-corrected chi connectivity index (χ0v) is 28.7. The number of piperidine rings is 1. The molecule has 0 aromatic carbocycles. The Morgan fingerprint density at radius 1 is 1.02 bits per heavy atom. The zero-order valence-electron chi connectivity index (χ0n) is 28.7. The number of hydrogen-bond acceptors (Lipinski definition) is 10. The summed E-state index contributed by atoms with van der Waals surface area (Å²) in [6.07, 6.45) is 7.56. The standard InChI is InChI=1S/C35H47FN8O4/c1-23-27-21-38-32(40-30(27)44(25-8-6-7-9-25)31(46)29(23)24(2)45)39-28-11-10-26(20-37-28)42-18-16-41(17-19-42)22-35(36)12-14-43(15-13-35)33(47)48-34(3,4)5/h10-11,20-21,25H,6-9,12-19,22H2,1-5H3,(H,37,38,39,40). The van der Waals surface area contributed by atoms with Crippen LogP contribution < -0.4 is 15.8 Å². The van der Waals surface area contributed by atoms with Crippen molar-refractivity contribution >= 4 is 40.4 Å². The van der Waals surface area contributed by atoms with Crippen molar-refractivity contribution in [1.82, 2.24) is 29.3 Å². The molecule has 3 aliphatic rings. The van der Waals surface area contributed by atoms with Crippen molar-refractivity contribution in [1.29, 1.82) is 0 Å². The molecule has 3 aromatic heterocycles. The minimum atomic E-state index is -1.32. The van der Waals surface area contributed by atoms with Crippen LogP contribution in [-0.2, 0) is 4.74 Å². The summed E-state index contributed by atoms with van der Waals surface area (Å²) in [5.74, 6) is 0.651. The molecule has 1 aliphatic carbocycles. The van der Waals surface area contributed by atoms with Gasteiger partial charge in [-0.1, -0.05) is 12.8 Å². The number of carbonyl (C=O) groups excluding carboxylic acids is 2. The van der Waals surface area contributed by atoms with Gasteiger partial charge in [-0.25, -0.2) is 19.2 Å². The topological polar surface area (TPSA) is 126 Å². The van der Waals surface area contributed by atoms with Crippen molar-refractivity contribution in [3.8, 4) is 0 Å². The van der Waals surface area contributed by atoms with Crippen LogP contribution in [0.4, 0.5) is 26.6 Å². The second-order valence-corrected chi connectivity index (χ2v) is 14.5. The highest BCUT2D eigenvalue weighted by Crippen LogP contribution is 2.33. The summed E-state index contributed by atoms with van der Waals surface area (Å²) in [5.41, 5.74) is 0.159. The number of alkyl halides is 1. The van der Waals surface area contributed by atoms with E-state index < -0.39 is 11.3 Å². The van der Waals surface area contributed by atoms with Crippen molar-refractivity contribution in [2.24, 2.45) is 0 Å². The Bertz CT molecular complexity index is 1720. The van der Waals surface area contributed by atoms with Gasteiger partial charge in [-0.05, 0) is 65.2 Å². The Kier molecular flexibility index (Phi) is 9.43. The Balaban J connectivity index is 1.06. The third kappa shape index (κ3) is 7.30. The number of piperazine rings is 1. The second-order valence-electron chi connectivity index (χ2n) is 14.5. The van der Waals surface area contributed by atoms with Gasteiger partial charge in [0, 0.05) is 76.3 Å². The number of ketones is 1. The van der Waals surface area contributed by atoms with Gasteiger partial charge >= 0.3 is 6.09 Å². The first kappa shape index (κ1) is 33.8. The predicted octanol–water partition coefficient (Wildman–Crippen LogP) is 5.42. The molecular weight excluding hydrogens is 615 g/mol. The van der Waals surface area contributed by atoms with E-state index in [4.69, 9.17) is 9.72 Å². The maximum atomic E-state index is 15.8. The summed E-state index contributed by atoms with van der Waals surface area (Å²) in [5, 5.41) is 3.88. The summed E-state index contributed by atoms with van der Waals surface area (Å²) in [6, 6.07) is 3.87. The fraction of sp³-hybridized carbons (Fsp3) is 0.600. The minimum Gasteiger partial charge on any atom is -0.444 e. The normalized spacial score (nSPS) is 19.1. The second kappa shape index (κ2) is 13.4. The number of nitrogens with zero attached hydrogens (tertiary/aromatic N) is 7. The number of ether oxygens (including phenoxy) is 1. The zero-order chi connectivity index (χ0) is 34.2. The largest absolute Gasteiger partial charge is 0.444 e. The van der Waals surface area contributed by atoms with Crippen molar-refractivity contribution in [2.45, 2.75) is 90.5 Å². The van der Waals surface area contributed by atoms with Crippen LogP contribution >= 0.6 is 0 Å². The average molecular weight is 663 g/mol. The number of Topliss-reactive ketones (excluding diaryl/α,β-unsaturated/α-hetero) is 1. The Morgan fingerprint density at radius 2 is 1.71 bits per heavy atom. The molecule has 13 heteroatoms. The molecule has 3 aromatic rings. The fourth-order valence-corrected chi connectivity index (χ4v) is 7.21. The van der Waals surface area contributed by atoms with E-state index in [2.05, 4.69) is 25.1 Å². The lowest BCUT2D eigenvalue weighted by Crippen LogP contribution is -2.54. The van der Waals surface area contributed by atoms with Crippen LogP contribution in [0.5, 0.6) is 0 Å². The number of anilines is 3. The third-order valence-corrected chi connectivity index (χ3v) is 9.79. The molecule has 0 bridgehead atoms. The van der Waals surface area contributed by atoms with Gasteiger partial charge in [0.05, 0.1) is 17.4 Å². The van der Waals surface area contributed by atoms with Gasteiger partial charge in [-0.15, -0.1) is 0 Å². The SMILES string of the molecule is CC(=O)c1c(C)c2cnc(Nc3ccc(N4CCN(CC5(F)CCN(C(=O)OC(C)(C)C)CC5)CC4)cn3)nc2n(C2CCCC2)c1=O. The van der Waals surface area contributed by atoms with Crippen LogP contribution in [0.15, 0.2) is 29.3 Å². The van der Waals surface area contributed by atoms with Crippen molar-refractivity contribution in [3.63, 3.8) is 0 Å². The van der Waals surface area contributed by atoms with E-state index in [1.807, 2.05) is 32.9 Å². The van der Waals surface area contributed by atoms with Gasteiger partial charge in [0.1, 0.15) is 22.7 Å². The molecule has 0 spiro atoms. The van der Waals surface area contributed by atoms with E-state index in [0.717, 1.165) is 57.5 Å². The smallest absolute Gasteiger partial charge is 0.410 e. The Morgan fingerprint density at radius 3 is 2.31 bits per heavy atom. The van der Waals surface area contributed by atoms with Gasteiger partial charge < -0.3 is 19.9 Å². The maximum Gasteiger partial charge on any atom is 0.410 e. The molecule has 5 heterocycles. The van der Waals surface area contributed by atoms with E-state index in [0.29, 0.717) is 60.8 Å². The molecule has 258 valence electrons. The summed E-state index contributed by atoms with van der Waals surface area (Å²) in [7, 11) is 0. The van der Waals surface area contributed by atoms with Crippen LogP contribution in [0.3, 0.4) is 0 Å². The summed E-state index contributed by atoms with van der Waals surface area (Å²) >= 11 is 0. The number of halogens is 1. The minimum absolute atomic E-state index is 0.00644. The average Bonchev–Trinajstić information content (AvgIpc) is 3.56. The number of aromatic nitrogens is 4. The van der Waals surface area contributed by atoms with Crippen LogP contribution in [-0.4, -0.2) is 98.3 Å². The molecule has 1 saturated carbocycles. The first-order chi connectivity index (χ1) is 22.8. The van der Waals surface area contributed by atoms with Crippen molar-refractivity contribution in [3.05, 3.63) is 46.0 Å². The molecule has 6 rings (SSSR count). The van der Waals surface area contributed by atoms with Crippen LogP contribution in [0.1, 0.15) is 88.2 Å². The van der Waals surface area contributed by atoms with Crippen molar-refractivity contribution in [2.75, 3.05) is 56.0 Å². The first-order valence-corrected chi connectivity index (χ1v) is 17.1. The highest BCUT2D eigenvalue weighted by molar-refractivity contribution is 5.99. The van der Waals surface area contributed by atoms with Crippen LogP contribution in [0.25, 0.3) is 11.0 Å². The lowest BCUT2D eigenvalue weighted by molar-refractivity contribution is -0.00638. The summed E-state index contributed by atoms with van der Waals surface area (Å²) in [4.78, 5) is 58.2. The number of nitrogens with one attached hydrogen (secondary N) is 1. The van der Waals surface area contributed by atoms with Crippen LogP contribution in [0, 0.1) is 6.92 Å². The number of pyridine rings is 2. The van der Waals surface area contributed by atoms with Gasteiger partial charge in [0.2, 0.25) is 5.95 Å². The number of hydrogen-bond donors (Lipinski definition) is 1. The summed E-state index contributed by atoms with van der Waals surface area (Å²) in [6.45, 7) is 12.8. The number of likely N-dealkylation sites (tertiary alicyclic amines) is 1. The number of carbonyl (C=O) groups is 2. The highest BCUT2D eigenvalue weighted by atomic mass is 19.1. The molecule has 2 saturated heterocycles. The van der Waals surface area contributed by atoms with Crippen molar-refractivity contribution < 1.29 is 18.7 Å². The van der Waals surface area contributed by atoms with Gasteiger partial charge in [0.15, 0.2) is 5.78 Å². The quantitative estimate of drug-likeness (QED) is 0.328. The molecule has 1 amide bonds. The first-order valence-electron chi connectivity index (χ1n) is 17.1. The monoisotopic (exact) mass is 662 g/mol. The molecule has 0 atom stereocenters. The van der Waals surface area contributed by atoms with E-state index in [-0.39, 0.29) is 29.0 Å². The molecular formula is C35H47FN8O4. The van der Waals surface area contributed by atoms with Gasteiger partial charge in [0.25, 0.3) is 5.56 Å². The number of fused-ring (bicyclic) bond motifs is 1. The molecule has 1 N–H and O–H groups in total. The molecule has 3 fully saturated rings. The van der Waals surface area contributed by atoms with Gasteiger partial charge in [-0.2, -0.15) is 4.98 Å². The van der Waals surface area contributed by atoms with E-state index >= 15 is 4.39 Å². The lowest BCUT2D eigenvalue weighted by atomic mass is 9.92. The Hall–Kier alpha value is -4.13. The van der Waals surface area contributed by atoms with Gasteiger partial charge in [-0.3, -0.25) is 19.1 Å². The number of amides is 1. The van der Waals surface area contributed by atoms with E-state index in [1.165, 1.54) is 6.92 Å². The predicted molar refractivity (Wildman–Crippen MR) is 183 cm³/mol.